The summed E-state index contributed by atoms with van der Waals surface area (Å²) in [6, 6.07) is -0.390. The van der Waals surface area contributed by atoms with Crippen molar-refractivity contribution in [2.45, 2.75) is 24.8 Å². The molecule has 0 aromatic rings. The normalized spacial score (nSPS) is 24.8. The maximum Gasteiger partial charge on any atom is 0.242 e. The summed E-state index contributed by atoms with van der Waals surface area (Å²) in [6.07, 6.45) is 0.647. The Kier molecular flexibility index (Phi) is 2.92. The number of amides is 2. The topological polar surface area (TPSA) is 58.2 Å². The molecule has 1 saturated heterocycles. The third kappa shape index (κ3) is 2.11. The van der Waals surface area contributed by atoms with Gasteiger partial charge in [0.25, 0.3) is 0 Å². The lowest BCUT2D eigenvalue weighted by Gasteiger charge is -2.10. The first kappa shape index (κ1) is 9.32. The Morgan fingerprint density at radius 2 is 2.50 bits per heavy atom. The Labute approximate surface area is 75.6 Å². The Balaban J connectivity index is 2.40. The molecule has 0 spiro atoms. The first-order valence-corrected chi connectivity index (χ1v) is 4.27. The second kappa shape index (κ2) is 3.76. The van der Waals surface area contributed by atoms with Crippen LogP contribution in [0.3, 0.4) is 0 Å². The lowest BCUT2D eigenvalue weighted by atomic mass is 10.2. The van der Waals surface area contributed by atoms with Gasteiger partial charge in [-0.15, -0.1) is 11.6 Å². The van der Waals surface area contributed by atoms with Crippen molar-refractivity contribution >= 4 is 23.4 Å². The molecule has 12 heavy (non-hydrogen) atoms. The van der Waals surface area contributed by atoms with E-state index in [4.69, 9.17) is 11.6 Å². The minimum atomic E-state index is -0.585. The first-order valence-electron chi connectivity index (χ1n) is 3.83. The Hall–Kier alpha value is -0.770. The summed E-state index contributed by atoms with van der Waals surface area (Å²) in [5.41, 5.74) is 0. The molecule has 0 aromatic carbocycles. The molecule has 1 heterocycles. The van der Waals surface area contributed by atoms with Gasteiger partial charge in [0, 0.05) is 6.54 Å². The molecule has 0 saturated carbocycles. The van der Waals surface area contributed by atoms with Gasteiger partial charge in [-0.05, 0) is 13.3 Å². The number of hydrogen-bond acceptors (Lipinski definition) is 2. The summed E-state index contributed by atoms with van der Waals surface area (Å²) in [6.45, 7) is 2.20. The van der Waals surface area contributed by atoms with E-state index >= 15 is 0 Å². The van der Waals surface area contributed by atoms with Gasteiger partial charge in [-0.3, -0.25) is 9.59 Å². The maximum absolute atomic E-state index is 11.0. The van der Waals surface area contributed by atoms with Gasteiger partial charge in [-0.1, -0.05) is 0 Å². The molecule has 2 atom stereocenters. The van der Waals surface area contributed by atoms with Gasteiger partial charge in [0.05, 0.1) is 0 Å². The highest BCUT2D eigenvalue weighted by Gasteiger charge is 2.26. The molecule has 1 fully saturated rings. The number of alkyl halides is 1. The minimum Gasteiger partial charge on any atom is -0.354 e. The van der Waals surface area contributed by atoms with Gasteiger partial charge in [0.2, 0.25) is 11.8 Å². The summed E-state index contributed by atoms with van der Waals surface area (Å²) in [4.78, 5) is 22.0. The average molecular weight is 191 g/mol. The number of halogens is 1. The van der Waals surface area contributed by atoms with Gasteiger partial charge >= 0.3 is 0 Å². The molecule has 2 N–H and O–H groups in total. The van der Waals surface area contributed by atoms with E-state index in [1.54, 1.807) is 6.92 Å². The number of carbonyl (C=O) groups excluding carboxylic acids is 2. The zero-order valence-corrected chi connectivity index (χ0v) is 7.52. The number of carbonyl (C=O) groups is 2. The fourth-order valence-corrected chi connectivity index (χ4v) is 1.08. The van der Waals surface area contributed by atoms with Crippen molar-refractivity contribution in [2.75, 3.05) is 6.54 Å². The first-order chi connectivity index (χ1) is 5.61. The van der Waals surface area contributed by atoms with Crippen LogP contribution in [-0.4, -0.2) is 29.8 Å². The Bertz CT molecular complexity index is 206. The fraction of sp³-hybridized carbons (Fsp3) is 0.714. The van der Waals surface area contributed by atoms with Crippen LogP contribution >= 0.6 is 11.6 Å². The van der Waals surface area contributed by atoms with E-state index in [1.165, 1.54) is 0 Å². The maximum atomic E-state index is 11.0. The third-order valence-electron chi connectivity index (χ3n) is 1.73. The molecule has 1 rings (SSSR count). The van der Waals surface area contributed by atoms with Crippen molar-refractivity contribution in [1.29, 1.82) is 0 Å². The fourth-order valence-electron chi connectivity index (χ4n) is 1.02. The predicted molar refractivity (Wildman–Crippen MR) is 44.9 cm³/mol. The molecule has 0 aromatic heterocycles. The molecule has 1 aliphatic rings. The molecule has 2 unspecified atom stereocenters. The zero-order valence-electron chi connectivity index (χ0n) is 6.76. The average Bonchev–Trinajstić information content (AvgIpc) is 2.36. The van der Waals surface area contributed by atoms with Crippen molar-refractivity contribution in [1.82, 2.24) is 10.6 Å². The van der Waals surface area contributed by atoms with E-state index in [-0.39, 0.29) is 11.8 Å². The minimum absolute atomic E-state index is 0.124. The van der Waals surface area contributed by atoms with Gasteiger partial charge in [-0.2, -0.15) is 0 Å². The summed E-state index contributed by atoms with van der Waals surface area (Å²) in [5.74, 6) is -0.417. The van der Waals surface area contributed by atoms with Crippen molar-refractivity contribution in [3.05, 3.63) is 0 Å². The number of hydrogen-bond donors (Lipinski definition) is 2. The lowest BCUT2D eigenvalue weighted by molar-refractivity contribution is -0.127. The smallest absolute Gasteiger partial charge is 0.242 e. The lowest BCUT2D eigenvalue weighted by Crippen LogP contribution is -2.42. The molecular weight excluding hydrogens is 180 g/mol. The van der Waals surface area contributed by atoms with Crippen LogP contribution in [0, 0.1) is 0 Å². The quantitative estimate of drug-likeness (QED) is 0.584. The SMILES string of the molecule is CC(Cl)C(=O)NC1CCNC1=O. The van der Waals surface area contributed by atoms with E-state index in [2.05, 4.69) is 10.6 Å². The van der Waals surface area contributed by atoms with E-state index < -0.39 is 11.4 Å². The van der Waals surface area contributed by atoms with Crippen molar-refractivity contribution in [3.63, 3.8) is 0 Å². The number of rotatable bonds is 2. The van der Waals surface area contributed by atoms with Crippen LogP contribution in [0.1, 0.15) is 13.3 Å². The van der Waals surface area contributed by atoms with Crippen LogP contribution in [0.25, 0.3) is 0 Å². The Morgan fingerprint density at radius 1 is 1.83 bits per heavy atom. The molecule has 0 radical (unpaired) electrons. The third-order valence-corrected chi connectivity index (χ3v) is 1.92. The second-order valence-corrected chi connectivity index (χ2v) is 3.41. The van der Waals surface area contributed by atoms with E-state index in [0.717, 1.165) is 0 Å². The number of nitrogens with one attached hydrogen (secondary N) is 2. The summed E-state index contributed by atoms with van der Waals surface area (Å²) in [7, 11) is 0. The van der Waals surface area contributed by atoms with Crippen molar-refractivity contribution in [2.24, 2.45) is 0 Å². The zero-order chi connectivity index (χ0) is 9.14. The largest absolute Gasteiger partial charge is 0.354 e. The van der Waals surface area contributed by atoms with Gasteiger partial charge < -0.3 is 10.6 Å². The van der Waals surface area contributed by atoms with Crippen LogP contribution in [0.2, 0.25) is 0 Å². The molecule has 2 amide bonds. The van der Waals surface area contributed by atoms with Gasteiger partial charge in [0.1, 0.15) is 11.4 Å². The molecule has 4 nitrogen and oxygen atoms in total. The Morgan fingerprint density at radius 3 is 2.92 bits per heavy atom. The molecule has 5 heteroatoms. The van der Waals surface area contributed by atoms with E-state index in [9.17, 15) is 9.59 Å². The van der Waals surface area contributed by atoms with Crippen LogP contribution in [-0.2, 0) is 9.59 Å². The van der Waals surface area contributed by atoms with Crippen molar-refractivity contribution in [3.8, 4) is 0 Å². The summed E-state index contributed by atoms with van der Waals surface area (Å²) in [5, 5.41) is 4.58. The van der Waals surface area contributed by atoms with Crippen LogP contribution in [0.5, 0.6) is 0 Å². The van der Waals surface area contributed by atoms with Gasteiger partial charge in [0.15, 0.2) is 0 Å². The van der Waals surface area contributed by atoms with Crippen LogP contribution in [0.15, 0.2) is 0 Å². The molecule has 0 aliphatic carbocycles. The summed E-state index contributed by atoms with van der Waals surface area (Å²) >= 11 is 5.51. The van der Waals surface area contributed by atoms with Gasteiger partial charge in [-0.25, -0.2) is 0 Å². The molecular formula is C7H11ClN2O2. The highest BCUT2D eigenvalue weighted by atomic mass is 35.5. The predicted octanol–water partition coefficient (Wildman–Crippen LogP) is -0.382. The van der Waals surface area contributed by atoms with E-state index in [1.807, 2.05) is 0 Å². The van der Waals surface area contributed by atoms with Crippen LogP contribution in [0.4, 0.5) is 0 Å². The van der Waals surface area contributed by atoms with Crippen molar-refractivity contribution < 1.29 is 9.59 Å². The summed E-state index contributed by atoms with van der Waals surface area (Å²) < 4.78 is 0. The molecule has 68 valence electrons. The van der Waals surface area contributed by atoms with Crippen LogP contribution < -0.4 is 10.6 Å². The standard InChI is InChI=1S/C7H11ClN2O2/c1-4(8)6(11)10-5-2-3-9-7(5)12/h4-5H,2-3H2,1H3,(H,9,12)(H,10,11). The molecule has 1 aliphatic heterocycles. The monoisotopic (exact) mass is 190 g/mol. The van der Waals surface area contributed by atoms with E-state index in [0.29, 0.717) is 13.0 Å². The molecule has 0 bridgehead atoms. The second-order valence-electron chi connectivity index (χ2n) is 2.76. The highest BCUT2D eigenvalue weighted by molar-refractivity contribution is 6.30. The highest BCUT2D eigenvalue weighted by Crippen LogP contribution is 2.01.